The quantitative estimate of drug-likeness (QED) is 0.592. The van der Waals surface area contributed by atoms with E-state index in [1.54, 1.807) is 36.0 Å². The summed E-state index contributed by atoms with van der Waals surface area (Å²) in [5.41, 5.74) is 0. The number of nitrogens with one attached hydrogen (secondary N) is 1. The SMILES string of the molecule is O=C(O)CCSCCCC1C2CCC(C2)C1NS(=O)(=O)c1ccccc1. The fourth-order valence-electron chi connectivity index (χ4n) is 4.54. The van der Waals surface area contributed by atoms with E-state index in [2.05, 4.69) is 4.72 Å². The van der Waals surface area contributed by atoms with Gasteiger partial charge in [0.1, 0.15) is 0 Å². The number of aliphatic carboxylic acids is 1. The Bertz CT molecular complexity index is 708. The minimum atomic E-state index is -3.47. The van der Waals surface area contributed by atoms with Gasteiger partial charge in [-0.05, 0) is 67.7 Å². The van der Waals surface area contributed by atoms with E-state index in [1.165, 1.54) is 6.42 Å². The summed E-state index contributed by atoms with van der Waals surface area (Å²) in [6.07, 6.45) is 5.71. The molecular weight excluding hydrogens is 370 g/mol. The van der Waals surface area contributed by atoms with E-state index >= 15 is 0 Å². The Balaban J connectivity index is 1.55. The number of sulfonamides is 1. The van der Waals surface area contributed by atoms with Crippen LogP contribution >= 0.6 is 11.8 Å². The normalized spacial score (nSPS) is 27.7. The van der Waals surface area contributed by atoms with Crippen molar-refractivity contribution < 1.29 is 18.3 Å². The lowest BCUT2D eigenvalue weighted by atomic mass is 9.82. The fourth-order valence-corrected chi connectivity index (χ4v) is 6.81. The highest BCUT2D eigenvalue weighted by Gasteiger charge is 2.48. The Hall–Kier alpha value is -1.05. The largest absolute Gasteiger partial charge is 0.481 e. The molecule has 4 unspecified atom stereocenters. The van der Waals surface area contributed by atoms with Crippen LogP contribution < -0.4 is 4.72 Å². The van der Waals surface area contributed by atoms with Crippen molar-refractivity contribution in [2.24, 2.45) is 17.8 Å². The van der Waals surface area contributed by atoms with Gasteiger partial charge in [-0.2, -0.15) is 11.8 Å². The number of benzene rings is 1. The maximum Gasteiger partial charge on any atom is 0.304 e. The number of rotatable bonds is 10. The van der Waals surface area contributed by atoms with Gasteiger partial charge in [-0.1, -0.05) is 18.2 Å². The van der Waals surface area contributed by atoms with Crippen molar-refractivity contribution in [1.29, 1.82) is 0 Å². The molecule has 0 amide bonds. The number of thioether (sulfide) groups is 1. The monoisotopic (exact) mass is 397 g/mol. The highest BCUT2D eigenvalue weighted by Crippen LogP contribution is 2.50. The average molecular weight is 398 g/mol. The van der Waals surface area contributed by atoms with Gasteiger partial charge in [0.05, 0.1) is 11.3 Å². The van der Waals surface area contributed by atoms with Gasteiger partial charge in [0.15, 0.2) is 0 Å². The van der Waals surface area contributed by atoms with Crippen molar-refractivity contribution >= 4 is 27.8 Å². The zero-order valence-electron chi connectivity index (χ0n) is 14.8. The molecule has 2 bridgehead atoms. The number of hydrogen-bond donors (Lipinski definition) is 2. The molecule has 4 atom stereocenters. The predicted molar refractivity (Wildman–Crippen MR) is 104 cm³/mol. The molecule has 0 aliphatic heterocycles. The van der Waals surface area contributed by atoms with Crippen LogP contribution in [0.15, 0.2) is 35.2 Å². The molecule has 2 fully saturated rings. The number of carboxylic acid groups (broad SMARTS) is 1. The van der Waals surface area contributed by atoms with Crippen molar-refractivity contribution in [1.82, 2.24) is 4.72 Å². The van der Waals surface area contributed by atoms with Crippen LogP contribution in [0.2, 0.25) is 0 Å². The highest BCUT2D eigenvalue weighted by molar-refractivity contribution is 7.99. The first-order valence-corrected chi connectivity index (χ1v) is 12.0. The third kappa shape index (κ3) is 4.81. The molecule has 7 heteroatoms. The Morgan fingerprint density at radius 3 is 2.62 bits per heavy atom. The van der Waals surface area contributed by atoms with Crippen molar-refractivity contribution in [3.63, 3.8) is 0 Å². The number of hydrogen-bond acceptors (Lipinski definition) is 4. The Morgan fingerprint density at radius 2 is 1.88 bits per heavy atom. The second-order valence-electron chi connectivity index (χ2n) is 7.36. The maximum atomic E-state index is 12.7. The van der Waals surface area contributed by atoms with Crippen LogP contribution in [0, 0.1) is 17.8 Å². The summed E-state index contributed by atoms with van der Waals surface area (Å²) in [7, 11) is -3.47. The van der Waals surface area contributed by atoms with Crippen LogP contribution in [0.5, 0.6) is 0 Å². The Morgan fingerprint density at radius 1 is 1.15 bits per heavy atom. The molecule has 3 rings (SSSR count). The van der Waals surface area contributed by atoms with Gasteiger partial charge >= 0.3 is 5.97 Å². The van der Waals surface area contributed by atoms with Crippen molar-refractivity contribution in [3.8, 4) is 0 Å². The van der Waals surface area contributed by atoms with Gasteiger partial charge < -0.3 is 5.11 Å². The summed E-state index contributed by atoms with van der Waals surface area (Å²) in [5.74, 6) is 2.35. The van der Waals surface area contributed by atoms with Crippen LogP contribution in [0.1, 0.15) is 38.5 Å². The molecule has 2 saturated carbocycles. The lowest BCUT2D eigenvalue weighted by molar-refractivity contribution is -0.136. The number of fused-ring (bicyclic) bond motifs is 2. The molecule has 0 saturated heterocycles. The summed E-state index contributed by atoms with van der Waals surface area (Å²) >= 11 is 1.68. The molecule has 26 heavy (non-hydrogen) atoms. The molecule has 1 aromatic rings. The van der Waals surface area contributed by atoms with Gasteiger partial charge in [0.2, 0.25) is 10.0 Å². The summed E-state index contributed by atoms with van der Waals surface area (Å²) in [6.45, 7) is 0. The van der Waals surface area contributed by atoms with Crippen molar-refractivity contribution in [2.75, 3.05) is 11.5 Å². The molecular formula is C19H27NO4S2. The van der Waals surface area contributed by atoms with Crippen molar-refractivity contribution in [3.05, 3.63) is 30.3 Å². The molecule has 1 aromatic carbocycles. The van der Waals surface area contributed by atoms with Gasteiger partial charge in [0.25, 0.3) is 0 Å². The van der Waals surface area contributed by atoms with Gasteiger partial charge in [-0.15, -0.1) is 0 Å². The summed E-state index contributed by atoms with van der Waals surface area (Å²) in [5, 5.41) is 8.67. The maximum absolute atomic E-state index is 12.7. The zero-order chi connectivity index (χ0) is 18.6. The third-order valence-electron chi connectivity index (χ3n) is 5.72. The lowest BCUT2D eigenvalue weighted by Crippen LogP contribution is -2.43. The molecule has 144 valence electrons. The van der Waals surface area contributed by atoms with E-state index in [1.807, 2.05) is 6.07 Å². The van der Waals surface area contributed by atoms with Crippen LogP contribution in [-0.2, 0) is 14.8 Å². The summed E-state index contributed by atoms with van der Waals surface area (Å²) in [4.78, 5) is 10.9. The van der Waals surface area contributed by atoms with Crippen molar-refractivity contribution in [2.45, 2.75) is 49.5 Å². The third-order valence-corrected chi connectivity index (χ3v) is 8.26. The molecule has 2 aliphatic rings. The van der Waals surface area contributed by atoms with E-state index in [0.29, 0.717) is 28.4 Å². The molecule has 2 aliphatic carbocycles. The highest BCUT2D eigenvalue weighted by atomic mass is 32.2. The summed E-state index contributed by atoms with van der Waals surface area (Å²) < 4.78 is 28.4. The molecule has 0 radical (unpaired) electrons. The molecule has 5 nitrogen and oxygen atoms in total. The second kappa shape index (κ2) is 8.76. The Labute approximate surface area is 160 Å². The van der Waals surface area contributed by atoms with E-state index in [-0.39, 0.29) is 12.5 Å². The minimum Gasteiger partial charge on any atom is -0.481 e. The van der Waals surface area contributed by atoms with E-state index < -0.39 is 16.0 Å². The zero-order valence-corrected chi connectivity index (χ0v) is 16.5. The Kier molecular flexibility index (Phi) is 6.64. The summed E-state index contributed by atoms with van der Waals surface area (Å²) in [6, 6.07) is 8.65. The van der Waals surface area contributed by atoms with Gasteiger partial charge in [-0.3, -0.25) is 4.79 Å². The van der Waals surface area contributed by atoms with E-state index in [9.17, 15) is 13.2 Å². The fraction of sp³-hybridized carbons (Fsp3) is 0.632. The first-order chi connectivity index (χ1) is 12.5. The van der Waals surface area contributed by atoms with Gasteiger partial charge in [0, 0.05) is 11.8 Å². The first kappa shape index (κ1) is 19.7. The average Bonchev–Trinajstić information content (AvgIpc) is 3.20. The standard InChI is InChI=1S/C19H27NO4S2/c21-18(22)10-12-25-11-4-7-17-14-8-9-15(13-14)19(17)20-26(23,24)16-5-2-1-3-6-16/h1-3,5-6,14-15,17,19-20H,4,7-13H2,(H,21,22). The van der Waals surface area contributed by atoms with Crippen LogP contribution in [0.4, 0.5) is 0 Å². The number of carboxylic acids is 1. The molecule has 0 spiro atoms. The lowest BCUT2D eigenvalue weighted by Gasteiger charge is -2.31. The van der Waals surface area contributed by atoms with Crippen LogP contribution in [-0.4, -0.2) is 37.0 Å². The topological polar surface area (TPSA) is 83.5 Å². The number of carbonyl (C=O) groups is 1. The van der Waals surface area contributed by atoms with Crippen LogP contribution in [0.25, 0.3) is 0 Å². The molecule has 0 heterocycles. The second-order valence-corrected chi connectivity index (χ2v) is 10.3. The van der Waals surface area contributed by atoms with E-state index in [4.69, 9.17) is 5.11 Å². The van der Waals surface area contributed by atoms with Crippen LogP contribution in [0.3, 0.4) is 0 Å². The minimum absolute atomic E-state index is 0.0444. The predicted octanol–water partition coefficient (Wildman–Crippen LogP) is 3.37. The van der Waals surface area contributed by atoms with E-state index in [0.717, 1.165) is 31.4 Å². The molecule has 2 N–H and O–H groups in total. The first-order valence-electron chi connectivity index (χ1n) is 9.34. The smallest absolute Gasteiger partial charge is 0.304 e. The molecule has 0 aromatic heterocycles. The van der Waals surface area contributed by atoms with Gasteiger partial charge in [-0.25, -0.2) is 13.1 Å².